The number of nitrogens with zero attached hydrogens (tertiary/aromatic N) is 3. The molecule has 4 nitrogen and oxygen atoms in total. The summed E-state index contributed by atoms with van der Waals surface area (Å²) in [7, 11) is 0. The lowest BCUT2D eigenvalue weighted by molar-refractivity contribution is 0.411. The molecule has 0 saturated heterocycles. The third-order valence-electron chi connectivity index (χ3n) is 9.37. The lowest BCUT2D eigenvalue weighted by Gasteiger charge is -2.21. The fraction of sp³-hybridized carbons (Fsp3) is 0.227. The van der Waals surface area contributed by atoms with Crippen molar-refractivity contribution in [1.82, 2.24) is 14.4 Å². The van der Waals surface area contributed by atoms with Crippen LogP contribution in [0, 0.1) is 12.3 Å². The number of pyridine rings is 3. The van der Waals surface area contributed by atoms with Crippen molar-refractivity contribution in [1.29, 1.82) is 0 Å². The first-order chi connectivity index (χ1) is 22.9. The predicted molar refractivity (Wildman–Crippen MR) is 201 cm³/mol. The van der Waals surface area contributed by atoms with Crippen LogP contribution in [0.5, 0.6) is 11.8 Å². The van der Waals surface area contributed by atoms with Gasteiger partial charge >= 0.3 is 0 Å². The SMILES string of the molecule is Cc1cn2c3nc(Oc4cc(C(C)(C)C)cc(-c5cccc(-c6ccccc6)c5)n4)cc4cc(CC(C)(C)C)cc(c5cccc1c52)c43. The van der Waals surface area contributed by atoms with Gasteiger partial charge in [-0.1, -0.05) is 120 Å². The number of aryl methyl sites for hydroxylation is 1. The summed E-state index contributed by atoms with van der Waals surface area (Å²) in [5.41, 5.74) is 10.1. The largest absolute Gasteiger partial charge is 0.421 e. The highest BCUT2D eigenvalue weighted by atomic mass is 16.5. The number of ether oxygens (including phenoxy) is 1. The van der Waals surface area contributed by atoms with Gasteiger partial charge in [0, 0.05) is 40.1 Å². The van der Waals surface area contributed by atoms with Gasteiger partial charge in [0.15, 0.2) is 0 Å². The molecular formula is C44H41N3O. The van der Waals surface area contributed by atoms with Crippen LogP contribution in [-0.4, -0.2) is 14.4 Å². The molecular weight excluding hydrogens is 587 g/mol. The topological polar surface area (TPSA) is 39.4 Å². The molecule has 4 heterocycles. The second-order valence-corrected chi connectivity index (χ2v) is 15.5. The van der Waals surface area contributed by atoms with Crippen molar-refractivity contribution in [3.63, 3.8) is 0 Å². The van der Waals surface area contributed by atoms with Crippen molar-refractivity contribution in [2.24, 2.45) is 5.41 Å². The van der Waals surface area contributed by atoms with Gasteiger partial charge in [-0.25, -0.2) is 4.98 Å². The van der Waals surface area contributed by atoms with Crippen LogP contribution in [0.2, 0.25) is 0 Å². The molecule has 0 aliphatic rings. The lowest BCUT2D eigenvalue weighted by Crippen LogP contribution is -2.12. The summed E-state index contributed by atoms with van der Waals surface area (Å²) in [5.74, 6) is 1.08. The highest BCUT2D eigenvalue weighted by Crippen LogP contribution is 2.40. The van der Waals surface area contributed by atoms with Crippen LogP contribution < -0.4 is 4.74 Å². The Kier molecular flexibility index (Phi) is 6.85. The zero-order valence-electron chi connectivity index (χ0n) is 28.8. The Bertz CT molecular complexity index is 2480. The average molecular weight is 628 g/mol. The van der Waals surface area contributed by atoms with E-state index >= 15 is 0 Å². The van der Waals surface area contributed by atoms with E-state index in [4.69, 9.17) is 14.7 Å². The normalized spacial score (nSPS) is 12.6. The number of hydrogen-bond acceptors (Lipinski definition) is 3. The Labute approximate surface area is 282 Å². The molecule has 4 aromatic carbocycles. The van der Waals surface area contributed by atoms with Gasteiger partial charge < -0.3 is 4.74 Å². The quantitative estimate of drug-likeness (QED) is 0.141. The zero-order chi connectivity index (χ0) is 33.4. The van der Waals surface area contributed by atoms with E-state index in [1.165, 1.54) is 38.4 Å². The second kappa shape index (κ2) is 10.9. The molecule has 0 spiro atoms. The van der Waals surface area contributed by atoms with E-state index in [1.807, 2.05) is 6.07 Å². The van der Waals surface area contributed by atoms with Crippen molar-refractivity contribution in [2.75, 3.05) is 0 Å². The van der Waals surface area contributed by atoms with Crippen LogP contribution in [0.3, 0.4) is 0 Å². The van der Waals surface area contributed by atoms with Gasteiger partial charge in [0.05, 0.1) is 11.2 Å². The second-order valence-electron chi connectivity index (χ2n) is 15.5. The Morgan fingerprint density at radius 2 is 1.35 bits per heavy atom. The van der Waals surface area contributed by atoms with Gasteiger partial charge in [-0.2, -0.15) is 4.98 Å². The van der Waals surface area contributed by atoms with E-state index in [0.29, 0.717) is 11.8 Å². The van der Waals surface area contributed by atoms with Gasteiger partial charge in [0.25, 0.3) is 0 Å². The molecule has 0 bridgehead atoms. The fourth-order valence-corrected chi connectivity index (χ4v) is 7.14. The van der Waals surface area contributed by atoms with Crippen LogP contribution in [0.25, 0.3) is 60.5 Å². The number of hydrogen-bond donors (Lipinski definition) is 0. The molecule has 238 valence electrons. The van der Waals surface area contributed by atoms with Crippen molar-refractivity contribution >= 4 is 38.1 Å². The summed E-state index contributed by atoms with van der Waals surface area (Å²) in [4.78, 5) is 10.3. The highest BCUT2D eigenvalue weighted by molar-refractivity contribution is 6.22. The zero-order valence-corrected chi connectivity index (χ0v) is 28.8. The number of aromatic nitrogens is 3. The van der Waals surface area contributed by atoms with Crippen LogP contribution in [0.1, 0.15) is 58.2 Å². The molecule has 0 amide bonds. The minimum absolute atomic E-state index is 0.107. The smallest absolute Gasteiger partial charge is 0.223 e. The molecule has 0 aliphatic carbocycles. The molecule has 8 aromatic rings. The maximum absolute atomic E-state index is 6.70. The van der Waals surface area contributed by atoms with Crippen molar-refractivity contribution in [2.45, 2.75) is 60.3 Å². The van der Waals surface area contributed by atoms with Crippen molar-refractivity contribution < 1.29 is 4.74 Å². The van der Waals surface area contributed by atoms with E-state index < -0.39 is 0 Å². The average Bonchev–Trinajstić information content (AvgIpc) is 3.39. The maximum atomic E-state index is 6.70. The fourth-order valence-electron chi connectivity index (χ4n) is 7.14. The van der Waals surface area contributed by atoms with E-state index in [9.17, 15) is 0 Å². The van der Waals surface area contributed by atoms with Crippen molar-refractivity contribution in [3.05, 3.63) is 126 Å². The minimum atomic E-state index is -0.107. The third kappa shape index (κ3) is 5.35. The first kappa shape index (κ1) is 30.1. The van der Waals surface area contributed by atoms with Crippen LogP contribution in [0.4, 0.5) is 0 Å². The van der Waals surface area contributed by atoms with E-state index in [-0.39, 0.29) is 10.8 Å². The van der Waals surface area contributed by atoms with Crippen molar-refractivity contribution in [3.8, 4) is 34.1 Å². The molecule has 0 atom stereocenters. The summed E-state index contributed by atoms with van der Waals surface area (Å²) in [6.45, 7) is 15.7. The van der Waals surface area contributed by atoms with E-state index in [1.54, 1.807) is 0 Å². The summed E-state index contributed by atoms with van der Waals surface area (Å²) in [6, 6.07) is 36.7. The summed E-state index contributed by atoms with van der Waals surface area (Å²) in [6.07, 6.45) is 3.18. The molecule has 0 radical (unpaired) electrons. The highest BCUT2D eigenvalue weighted by Gasteiger charge is 2.22. The standard InChI is InChI=1S/C44H41N3O/c1-27-26-47-41-34(27)17-12-18-35(41)36-20-28(25-43(2,3)4)19-32-22-38(46-42(47)40(32)36)48-39-24-33(44(5,6)7)23-37(45-39)31-16-11-15-30(21-31)29-13-9-8-10-14-29/h8-24,26H,25H2,1-7H3. The summed E-state index contributed by atoms with van der Waals surface area (Å²) in [5, 5.41) is 6.04. The van der Waals surface area contributed by atoms with Crippen LogP contribution in [-0.2, 0) is 11.8 Å². The number of para-hydroxylation sites is 1. The Balaban J connectivity index is 1.31. The summed E-state index contributed by atoms with van der Waals surface area (Å²) < 4.78 is 8.96. The van der Waals surface area contributed by atoms with Gasteiger partial charge in [0.1, 0.15) is 5.65 Å². The number of benzene rings is 4. The molecule has 4 heteroatoms. The molecule has 0 saturated carbocycles. The van der Waals surface area contributed by atoms with E-state index in [0.717, 1.165) is 45.2 Å². The number of fused-ring (bicyclic) bond motifs is 2. The Morgan fingerprint density at radius 3 is 2.12 bits per heavy atom. The predicted octanol–water partition coefficient (Wildman–Crippen LogP) is 11.9. The molecule has 0 unspecified atom stereocenters. The first-order valence-electron chi connectivity index (χ1n) is 16.9. The molecule has 48 heavy (non-hydrogen) atoms. The minimum Gasteiger partial charge on any atom is -0.421 e. The maximum Gasteiger partial charge on any atom is 0.223 e. The first-order valence-corrected chi connectivity index (χ1v) is 16.9. The van der Waals surface area contributed by atoms with Gasteiger partial charge in [-0.15, -0.1) is 0 Å². The Hall–Kier alpha value is -5.22. The Morgan fingerprint density at radius 1 is 0.646 bits per heavy atom. The molecule has 8 rings (SSSR count). The molecule has 0 N–H and O–H groups in total. The molecule has 4 aromatic heterocycles. The van der Waals surface area contributed by atoms with Gasteiger partial charge in [-0.05, 0) is 74.9 Å². The molecule has 0 aliphatic heterocycles. The van der Waals surface area contributed by atoms with Crippen LogP contribution in [0.15, 0.2) is 109 Å². The van der Waals surface area contributed by atoms with Gasteiger partial charge in [0.2, 0.25) is 11.8 Å². The summed E-state index contributed by atoms with van der Waals surface area (Å²) >= 11 is 0. The van der Waals surface area contributed by atoms with E-state index in [2.05, 4.69) is 156 Å². The molecule has 0 fully saturated rings. The number of rotatable bonds is 5. The monoisotopic (exact) mass is 627 g/mol. The third-order valence-corrected chi connectivity index (χ3v) is 9.37. The van der Waals surface area contributed by atoms with Gasteiger partial charge in [-0.3, -0.25) is 4.40 Å². The lowest BCUT2D eigenvalue weighted by atomic mass is 9.86. The van der Waals surface area contributed by atoms with Crippen LogP contribution >= 0.6 is 0 Å².